The molecule has 2 unspecified atom stereocenters. The van der Waals surface area contributed by atoms with E-state index in [1.807, 2.05) is 6.07 Å². The van der Waals surface area contributed by atoms with E-state index in [4.69, 9.17) is 0 Å². The molecule has 0 spiro atoms. The summed E-state index contributed by atoms with van der Waals surface area (Å²) < 4.78 is 0. The summed E-state index contributed by atoms with van der Waals surface area (Å²) in [7, 11) is 0. The van der Waals surface area contributed by atoms with Gasteiger partial charge < -0.3 is 5.11 Å². The molecule has 0 aromatic heterocycles. The Bertz CT molecular complexity index is 439. The predicted octanol–water partition coefficient (Wildman–Crippen LogP) is 3.16. The minimum absolute atomic E-state index is 0.301. The van der Waals surface area contributed by atoms with Crippen LogP contribution in [-0.4, -0.2) is 28.6 Å². The van der Waals surface area contributed by atoms with Crippen LogP contribution in [0.15, 0.2) is 24.3 Å². The molecular formula is C17H25NO. The Kier molecular flexibility index (Phi) is 3.64. The number of hydrogen-bond donors (Lipinski definition) is 1. The molecule has 2 atom stereocenters. The van der Waals surface area contributed by atoms with Crippen LogP contribution in [0.1, 0.15) is 50.3 Å². The number of hydrogen-bond acceptors (Lipinski definition) is 2. The smallest absolute Gasteiger partial charge is 0.0948 e. The molecule has 2 aliphatic carbocycles. The van der Waals surface area contributed by atoms with Gasteiger partial charge in [-0.25, -0.2) is 0 Å². The molecule has 2 nitrogen and oxygen atoms in total. The second kappa shape index (κ2) is 5.26. The van der Waals surface area contributed by atoms with Gasteiger partial charge in [-0.3, -0.25) is 4.90 Å². The summed E-state index contributed by atoms with van der Waals surface area (Å²) in [5.74, 6) is 0.881. The summed E-state index contributed by atoms with van der Waals surface area (Å²) >= 11 is 0. The summed E-state index contributed by atoms with van der Waals surface area (Å²) in [6.45, 7) is 5.69. The number of aliphatic hydroxyl groups is 1. The van der Waals surface area contributed by atoms with Crippen molar-refractivity contribution in [2.45, 2.75) is 57.7 Å². The van der Waals surface area contributed by atoms with E-state index in [0.717, 1.165) is 24.3 Å². The highest BCUT2D eigenvalue weighted by Crippen LogP contribution is 2.37. The number of fused-ring (bicyclic) bond motifs is 1. The Labute approximate surface area is 116 Å². The van der Waals surface area contributed by atoms with E-state index in [9.17, 15) is 5.11 Å². The van der Waals surface area contributed by atoms with Gasteiger partial charge in [-0.15, -0.1) is 0 Å². The first-order valence-electron chi connectivity index (χ1n) is 7.68. The van der Waals surface area contributed by atoms with Crippen molar-refractivity contribution in [3.05, 3.63) is 35.4 Å². The second-order valence-electron chi connectivity index (χ2n) is 6.48. The van der Waals surface area contributed by atoms with Gasteiger partial charge in [0.1, 0.15) is 0 Å². The number of nitrogens with zero attached hydrogens (tertiary/aromatic N) is 1. The van der Waals surface area contributed by atoms with E-state index in [2.05, 4.69) is 36.9 Å². The molecule has 104 valence electrons. The van der Waals surface area contributed by atoms with Crippen LogP contribution in [0.3, 0.4) is 0 Å². The third kappa shape index (κ3) is 2.70. The molecule has 2 aliphatic rings. The first-order valence-corrected chi connectivity index (χ1v) is 7.68. The number of rotatable bonds is 4. The van der Waals surface area contributed by atoms with Gasteiger partial charge in [0.2, 0.25) is 0 Å². The highest BCUT2D eigenvalue weighted by Gasteiger charge is 2.36. The van der Waals surface area contributed by atoms with Gasteiger partial charge in [-0.1, -0.05) is 24.3 Å². The Morgan fingerprint density at radius 2 is 1.95 bits per heavy atom. The minimum atomic E-state index is -0.314. The van der Waals surface area contributed by atoms with E-state index < -0.39 is 0 Å². The average molecular weight is 259 g/mol. The molecule has 3 rings (SSSR count). The Morgan fingerprint density at radius 3 is 2.63 bits per heavy atom. The van der Waals surface area contributed by atoms with Crippen molar-refractivity contribution in [2.24, 2.45) is 5.92 Å². The summed E-state index contributed by atoms with van der Waals surface area (Å²) in [6.07, 6.45) is 4.63. The van der Waals surface area contributed by atoms with Crippen LogP contribution < -0.4 is 0 Å². The van der Waals surface area contributed by atoms with Crippen molar-refractivity contribution >= 4 is 0 Å². The number of aryl methyl sites for hydroxylation is 1. The van der Waals surface area contributed by atoms with Crippen LogP contribution in [0.2, 0.25) is 0 Å². The molecule has 1 aromatic carbocycles. The maximum absolute atomic E-state index is 10.7. The Morgan fingerprint density at radius 1 is 1.21 bits per heavy atom. The van der Waals surface area contributed by atoms with Crippen molar-refractivity contribution in [2.75, 3.05) is 6.54 Å². The fraction of sp³-hybridized carbons (Fsp3) is 0.647. The summed E-state index contributed by atoms with van der Waals surface area (Å²) in [5, 5.41) is 10.7. The van der Waals surface area contributed by atoms with Crippen molar-refractivity contribution in [3.8, 4) is 0 Å². The van der Waals surface area contributed by atoms with E-state index in [0.29, 0.717) is 12.1 Å². The van der Waals surface area contributed by atoms with Crippen molar-refractivity contribution < 1.29 is 5.11 Å². The number of benzene rings is 1. The van der Waals surface area contributed by atoms with E-state index in [1.165, 1.54) is 24.9 Å². The normalized spacial score (nSPS) is 26.8. The SMILES string of the molecule is CC(C)N(CC1CC1)C1CCc2ccccc2C1O. The van der Waals surface area contributed by atoms with Gasteiger partial charge in [0.05, 0.1) is 6.10 Å². The van der Waals surface area contributed by atoms with Crippen molar-refractivity contribution in [1.82, 2.24) is 4.90 Å². The summed E-state index contributed by atoms with van der Waals surface area (Å²) in [5.41, 5.74) is 2.49. The van der Waals surface area contributed by atoms with Crippen LogP contribution in [0.5, 0.6) is 0 Å². The lowest BCUT2D eigenvalue weighted by Gasteiger charge is -2.41. The third-order valence-electron chi connectivity index (χ3n) is 4.70. The van der Waals surface area contributed by atoms with Gasteiger partial charge in [0.15, 0.2) is 0 Å². The number of aliphatic hydroxyl groups excluding tert-OH is 1. The fourth-order valence-corrected chi connectivity index (χ4v) is 3.39. The maximum atomic E-state index is 10.7. The van der Waals surface area contributed by atoms with Gasteiger partial charge >= 0.3 is 0 Å². The maximum Gasteiger partial charge on any atom is 0.0948 e. The van der Waals surface area contributed by atoms with Crippen LogP contribution in [0.4, 0.5) is 0 Å². The van der Waals surface area contributed by atoms with Crippen LogP contribution in [0.25, 0.3) is 0 Å². The summed E-state index contributed by atoms with van der Waals surface area (Å²) in [4.78, 5) is 2.54. The third-order valence-corrected chi connectivity index (χ3v) is 4.70. The quantitative estimate of drug-likeness (QED) is 0.898. The molecule has 0 saturated heterocycles. The lowest BCUT2D eigenvalue weighted by atomic mass is 9.84. The minimum Gasteiger partial charge on any atom is -0.387 e. The molecule has 19 heavy (non-hydrogen) atoms. The van der Waals surface area contributed by atoms with E-state index >= 15 is 0 Å². The largest absolute Gasteiger partial charge is 0.387 e. The predicted molar refractivity (Wildman–Crippen MR) is 78.1 cm³/mol. The second-order valence-corrected chi connectivity index (χ2v) is 6.48. The van der Waals surface area contributed by atoms with Crippen molar-refractivity contribution in [1.29, 1.82) is 0 Å². The monoisotopic (exact) mass is 259 g/mol. The average Bonchev–Trinajstić information content (AvgIpc) is 3.21. The fourth-order valence-electron chi connectivity index (χ4n) is 3.39. The zero-order valence-electron chi connectivity index (χ0n) is 12.0. The van der Waals surface area contributed by atoms with Crippen LogP contribution in [0, 0.1) is 5.92 Å². The molecule has 1 N–H and O–H groups in total. The zero-order chi connectivity index (χ0) is 13.4. The van der Waals surface area contributed by atoms with Gasteiger partial charge in [0, 0.05) is 18.6 Å². The molecular weight excluding hydrogens is 234 g/mol. The van der Waals surface area contributed by atoms with Crippen molar-refractivity contribution in [3.63, 3.8) is 0 Å². The van der Waals surface area contributed by atoms with Gasteiger partial charge in [0.25, 0.3) is 0 Å². The van der Waals surface area contributed by atoms with Gasteiger partial charge in [-0.05, 0) is 56.6 Å². The molecule has 2 heteroatoms. The molecule has 0 aliphatic heterocycles. The lowest BCUT2D eigenvalue weighted by molar-refractivity contribution is 0.0165. The standard InChI is InChI=1S/C17H25NO/c1-12(2)18(11-13-7-8-13)16-10-9-14-5-3-4-6-15(14)17(16)19/h3-6,12-13,16-17,19H,7-11H2,1-2H3. The Hall–Kier alpha value is -0.860. The Balaban J connectivity index is 1.80. The molecule has 0 radical (unpaired) electrons. The van der Waals surface area contributed by atoms with Crippen LogP contribution in [-0.2, 0) is 6.42 Å². The van der Waals surface area contributed by atoms with E-state index in [-0.39, 0.29) is 6.10 Å². The summed E-state index contributed by atoms with van der Waals surface area (Å²) in [6, 6.07) is 9.21. The highest BCUT2D eigenvalue weighted by atomic mass is 16.3. The molecule has 1 aromatic rings. The van der Waals surface area contributed by atoms with Gasteiger partial charge in [-0.2, -0.15) is 0 Å². The highest BCUT2D eigenvalue weighted by molar-refractivity contribution is 5.32. The first-order chi connectivity index (χ1) is 9.16. The zero-order valence-corrected chi connectivity index (χ0v) is 12.0. The van der Waals surface area contributed by atoms with E-state index in [1.54, 1.807) is 0 Å². The topological polar surface area (TPSA) is 23.5 Å². The van der Waals surface area contributed by atoms with Crippen LogP contribution >= 0.6 is 0 Å². The molecule has 1 saturated carbocycles. The first kappa shape index (κ1) is 13.1. The molecule has 0 bridgehead atoms. The molecule has 0 heterocycles. The molecule has 0 amide bonds. The molecule has 1 fully saturated rings. The lowest BCUT2D eigenvalue weighted by Crippen LogP contribution is -2.46.